The minimum atomic E-state index is 0.175. The molecule has 0 radical (unpaired) electrons. The van der Waals surface area contributed by atoms with Crippen molar-refractivity contribution in [1.82, 2.24) is 20.1 Å². The van der Waals surface area contributed by atoms with Crippen LogP contribution in [-0.4, -0.2) is 26.7 Å². The summed E-state index contributed by atoms with van der Waals surface area (Å²) in [6.45, 7) is 0.948. The van der Waals surface area contributed by atoms with Crippen molar-refractivity contribution < 1.29 is 4.79 Å². The highest BCUT2D eigenvalue weighted by Crippen LogP contribution is 2.39. The fourth-order valence-corrected chi connectivity index (χ4v) is 3.65. The Kier molecular flexibility index (Phi) is 3.72. The molecule has 4 rings (SSSR count). The summed E-state index contributed by atoms with van der Waals surface area (Å²) in [6.07, 6.45) is 12.7. The van der Waals surface area contributed by atoms with Gasteiger partial charge in [-0.2, -0.15) is 0 Å². The van der Waals surface area contributed by atoms with Gasteiger partial charge in [-0.05, 0) is 44.9 Å². The predicted octanol–water partition coefficient (Wildman–Crippen LogP) is 2.33. The van der Waals surface area contributed by atoms with Gasteiger partial charge in [0.2, 0.25) is 5.91 Å². The van der Waals surface area contributed by atoms with Crippen LogP contribution in [0.5, 0.6) is 0 Å². The molecule has 0 bridgehead atoms. The minimum absolute atomic E-state index is 0.175. The maximum atomic E-state index is 12.4. The third-order valence-electron chi connectivity index (χ3n) is 5.20. The standard InChI is InChI=1S/C17H24N4O/c22-17(13-4-2-1-3-5-13)18-14-8-9-15-19-20-16(12-6-7-12)21(15)11-10-14/h1-2,12-14H,3-11H2,(H,18,22). The zero-order valence-corrected chi connectivity index (χ0v) is 13.0. The van der Waals surface area contributed by atoms with Crippen molar-refractivity contribution in [3.63, 3.8) is 0 Å². The van der Waals surface area contributed by atoms with Gasteiger partial charge in [-0.25, -0.2) is 0 Å². The van der Waals surface area contributed by atoms with Gasteiger partial charge in [-0.15, -0.1) is 10.2 Å². The van der Waals surface area contributed by atoms with Crippen molar-refractivity contribution in [2.75, 3.05) is 0 Å². The first-order valence-corrected chi connectivity index (χ1v) is 8.68. The van der Waals surface area contributed by atoms with Crippen LogP contribution in [0.4, 0.5) is 0 Å². The molecule has 1 aliphatic heterocycles. The van der Waals surface area contributed by atoms with Gasteiger partial charge in [-0.3, -0.25) is 4.79 Å². The number of nitrogens with zero attached hydrogens (tertiary/aromatic N) is 3. The van der Waals surface area contributed by atoms with E-state index in [1.54, 1.807) is 0 Å². The Labute approximate surface area is 131 Å². The van der Waals surface area contributed by atoms with Gasteiger partial charge in [0.25, 0.3) is 0 Å². The molecule has 3 aliphatic rings. The molecule has 118 valence electrons. The van der Waals surface area contributed by atoms with E-state index in [0.717, 1.165) is 50.9 Å². The van der Waals surface area contributed by atoms with Crippen LogP contribution in [0, 0.1) is 5.92 Å². The molecular formula is C17H24N4O. The van der Waals surface area contributed by atoms with Gasteiger partial charge in [0.05, 0.1) is 0 Å². The summed E-state index contributed by atoms with van der Waals surface area (Å²) in [5, 5.41) is 12.0. The lowest BCUT2D eigenvalue weighted by Gasteiger charge is -2.22. The molecule has 1 saturated carbocycles. The summed E-state index contributed by atoms with van der Waals surface area (Å²) in [5.74, 6) is 3.35. The smallest absolute Gasteiger partial charge is 0.223 e. The molecular weight excluding hydrogens is 276 g/mol. The second-order valence-electron chi connectivity index (χ2n) is 6.91. The second-order valence-corrected chi connectivity index (χ2v) is 6.91. The number of rotatable bonds is 3. The minimum Gasteiger partial charge on any atom is -0.353 e. The third-order valence-corrected chi connectivity index (χ3v) is 5.20. The van der Waals surface area contributed by atoms with E-state index in [4.69, 9.17) is 0 Å². The summed E-state index contributed by atoms with van der Waals surface area (Å²) >= 11 is 0. The Balaban J connectivity index is 1.37. The highest BCUT2D eigenvalue weighted by Gasteiger charge is 2.32. The fourth-order valence-electron chi connectivity index (χ4n) is 3.65. The molecule has 1 fully saturated rings. The first-order valence-electron chi connectivity index (χ1n) is 8.68. The highest BCUT2D eigenvalue weighted by molar-refractivity contribution is 5.79. The Morgan fingerprint density at radius 3 is 2.82 bits per heavy atom. The number of amides is 1. The number of aromatic nitrogens is 3. The van der Waals surface area contributed by atoms with Gasteiger partial charge in [0.1, 0.15) is 11.6 Å². The topological polar surface area (TPSA) is 59.8 Å². The average molecular weight is 300 g/mol. The average Bonchev–Trinajstić information content (AvgIpc) is 3.35. The molecule has 5 nitrogen and oxygen atoms in total. The third kappa shape index (κ3) is 2.81. The lowest BCUT2D eigenvalue weighted by atomic mass is 9.93. The predicted molar refractivity (Wildman–Crippen MR) is 83.3 cm³/mol. The van der Waals surface area contributed by atoms with E-state index in [2.05, 4.69) is 32.2 Å². The molecule has 1 amide bonds. The van der Waals surface area contributed by atoms with Crippen LogP contribution in [0.3, 0.4) is 0 Å². The Morgan fingerprint density at radius 1 is 1.14 bits per heavy atom. The van der Waals surface area contributed by atoms with Crippen molar-refractivity contribution in [2.45, 2.75) is 69.9 Å². The first-order chi connectivity index (χ1) is 10.8. The lowest BCUT2D eigenvalue weighted by Crippen LogP contribution is -2.39. The Morgan fingerprint density at radius 2 is 2.05 bits per heavy atom. The van der Waals surface area contributed by atoms with Gasteiger partial charge in [0, 0.05) is 30.8 Å². The molecule has 1 N–H and O–H groups in total. The van der Waals surface area contributed by atoms with E-state index in [0.29, 0.717) is 5.92 Å². The largest absolute Gasteiger partial charge is 0.353 e. The second kappa shape index (κ2) is 5.86. The molecule has 2 aliphatic carbocycles. The summed E-state index contributed by atoms with van der Waals surface area (Å²) in [4.78, 5) is 12.4. The highest BCUT2D eigenvalue weighted by atomic mass is 16.1. The van der Waals surface area contributed by atoms with Gasteiger partial charge >= 0.3 is 0 Å². The maximum absolute atomic E-state index is 12.4. The van der Waals surface area contributed by atoms with E-state index in [-0.39, 0.29) is 17.9 Å². The van der Waals surface area contributed by atoms with Crippen molar-refractivity contribution in [3.05, 3.63) is 23.8 Å². The van der Waals surface area contributed by atoms with Crippen molar-refractivity contribution >= 4 is 5.91 Å². The molecule has 5 heteroatoms. The number of carbonyl (C=O) groups excluding carboxylic acids is 1. The number of aryl methyl sites for hydroxylation is 1. The normalized spacial score (nSPS) is 28.0. The number of hydrogen-bond donors (Lipinski definition) is 1. The number of nitrogens with one attached hydrogen (secondary N) is 1. The van der Waals surface area contributed by atoms with Crippen molar-refractivity contribution in [3.8, 4) is 0 Å². The molecule has 1 aromatic heterocycles. The van der Waals surface area contributed by atoms with Crippen LogP contribution >= 0.6 is 0 Å². The summed E-state index contributed by atoms with van der Waals surface area (Å²) in [7, 11) is 0. The van der Waals surface area contributed by atoms with Crippen LogP contribution in [0.2, 0.25) is 0 Å². The van der Waals surface area contributed by atoms with Gasteiger partial charge in [0.15, 0.2) is 0 Å². The van der Waals surface area contributed by atoms with E-state index >= 15 is 0 Å². The molecule has 1 aromatic rings. The lowest BCUT2D eigenvalue weighted by molar-refractivity contribution is -0.126. The number of carbonyl (C=O) groups is 1. The van der Waals surface area contributed by atoms with Crippen LogP contribution in [0.1, 0.15) is 62.5 Å². The van der Waals surface area contributed by atoms with Crippen LogP contribution in [0.25, 0.3) is 0 Å². The molecule has 2 heterocycles. The molecule has 0 saturated heterocycles. The molecule has 0 spiro atoms. The summed E-state index contributed by atoms with van der Waals surface area (Å²) < 4.78 is 2.31. The zero-order valence-electron chi connectivity index (χ0n) is 13.0. The van der Waals surface area contributed by atoms with Gasteiger partial charge in [-0.1, -0.05) is 12.2 Å². The van der Waals surface area contributed by atoms with Crippen LogP contribution in [0.15, 0.2) is 12.2 Å². The molecule has 2 atom stereocenters. The monoisotopic (exact) mass is 300 g/mol. The molecule has 2 unspecified atom stereocenters. The number of hydrogen-bond acceptors (Lipinski definition) is 3. The van der Waals surface area contributed by atoms with E-state index in [1.807, 2.05) is 0 Å². The fraction of sp³-hybridized carbons (Fsp3) is 0.706. The van der Waals surface area contributed by atoms with Crippen molar-refractivity contribution in [1.29, 1.82) is 0 Å². The zero-order chi connectivity index (χ0) is 14.9. The molecule has 22 heavy (non-hydrogen) atoms. The maximum Gasteiger partial charge on any atom is 0.223 e. The SMILES string of the molecule is O=C(NC1CCc2nnc(C3CC3)n2CC1)C1CC=CCC1. The Hall–Kier alpha value is -1.65. The van der Waals surface area contributed by atoms with Crippen LogP contribution < -0.4 is 5.32 Å². The summed E-state index contributed by atoms with van der Waals surface area (Å²) in [6, 6.07) is 0.284. The van der Waals surface area contributed by atoms with E-state index < -0.39 is 0 Å². The quantitative estimate of drug-likeness (QED) is 0.872. The number of fused-ring (bicyclic) bond motifs is 1. The number of allylic oxidation sites excluding steroid dienone is 2. The summed E-state index contributed by atoms with van der Waals surface area (Å²) in [5.41, 5.74) is 0. The van der Waals surface area contributed by atoms with E-state index in [1.165, 1.54) is 18.7 Å². The van der Waals surface area contributed by atoms with Gasteiger partial charge < -0.3 is 9.88 Å². The molecule has 0 aromatic carbocycles. The van der Waals surface area contributed by atoms with Crippen molar-refractivity contribution in [2.24, 2.45) is 5.92 Å². The van der Waals surface area contributed by atoms with Crippen LogP contribution in [-0.2, 0) is 17.8 Å². The first kappa shape index (κ1) is 14.0. The Bertz CT molecular complexity index is 587. The van der Waals surface area contributed by atoms with E-state index in [9.17, 15) is 4.79 Å².